The van der Waals surface area contributed by atoms with E-state index in [2.05, 4.69) is 21.9 Å². The first-order chi connectivity index (χ1) is 13.1. The summed E-state index contributed by atoms with van der Waals surface area (Å²) in [7, 11) is 0. The molecule has 0 spiro atoms. The Hall–Kier alpha value is -1.53. The number of aromatic nitrogens is 3. The molecule has 5 nitrogen and oxygen atoms in total. The monoisotopic (exact) mass is 404 g/mol. The molecule has 1 aromatic carbocycles. The molecule has 7 heteroatoms. The van der Waals surface area contributed by atoms with Crippen LogP contribution in [-0.2, 0) is 17.7 Å². The van der Waals surface area contributed by atoms with E-state index < -0.39 is 0 Å². The molecule has 2 aromatic heterocycles. The minimum atomic E-state index is 0.0312. The van der Waals surface area contributed by atoms with E-state index in [0.29, 0.717) is 10.0 Å². The molecule has 0 radical (unpaired) electrons. The average Bonchev–Trinajstić information content (AvgIpc) is 3.28. The zero-order chi connectivity index (χ0) is 18.5. The molecule has 0 bridgehead atoms. The van der Waals surface area contributed by atoms with Crippen molar-refractivity contribution in [3.8, 4) is 11.1 Å². The summed E-state index contributed by atoms with van der Waals surface area (Å²) in [6, 6.07) is 4.06. The minimum absolute atomic E-state index is 0.0312. The van der Waals surface area contributed by atoms with Crippen LogP contribution in [0.3, 0.4) is 0 Å². The molecule has 3 aromatic rings. The molecular weight excluding hydrogens is 383 g/mol. The lowest BCUT2D eigenvalue weighted by molar-refractivity contribution is -0.0394. The zero-order valence-corrected chi connectivity index (χ0v) is 16.5. The lowest BCUT2D eigenvalue weighted by Crippen LogP contribution is -2.31. The molecule has 0 aliphatic carbocycles. The first-order valence-electron chi connectivity index (χ1n) is 9.54. The molecule has 1 saturated heterocycles. The van der Waals surface area contributed by atoms with Gasteiger partial charge in [0.05, 0.1) is 21.8 Å². The van der Waals surface area contributed by atoms with Gasteiger partial charge in [0, 0.05) is 47.6 Å². The summed E-state index contributed by atoms with van der Waals surface area (Å²) in [6.07, 6.45) is 9.26. The van der Waals surface area contributed by atoms with Crippen molar-refractivity contribution >= 4 is 34.1 Å². The van der Waals surface area contributed by atoms with Gasteiger partial charge in [-0.05, 0) is 38.2 Å². The van der Waals surface area contributed by atoms with Crippen molar-refractivity contribution in [1.29, 1.82) is 0 Å². The fourth-order valence-corrected chi connectivity index (χ4v) is 4.84. The Morgan fingerprint density at radius 2 is 2.07 bits per heavy atom. The Labute approximate surface area is 168 Å². The minimum Gasteiger partial charge on any atom is -0.357 e. The number of nitrogens with zero attached hydrogens (tertiary/aromatic N) is 3. The van der Waals surface area contributed by atoms with Crippen molar-refractivity contribution in [3.05, 3.63) is 40.3 Å². The van der Waals surface area contributed by atoms with Crippen LogP contribution in [0.1, 0.15) is 37.6 Å². The Morgan fingerprint density at radius 1 is 1.19 bits per heavy atom. The second kappa shape index (κ2) is 6.82. The average molecular weight is 405 g/mol. The van der Waals surface area contributed by atoms with Crippen LogP contribution in [0.15, 0.2) is 24.5 Å². The topological polar surface area (TPSA) is 58.0 Å². The van der Waals surface area contributed by atoms with E-state index in [0.717, 1.165) is 55.3 Å². The third-order valence-corrected chi connectivity index (χ3v) is 6.53. The molecule has 4 heterocycles. The van der Waals surface area contributed by atoms with Gasteiger partial charge in [0.15, 0.2) is 0 Å². The highest BCUT2D eigenvalue weighted by molar-refractivity contribution is 6.45. The van der Waals surface area contributed by atoms with E-state index in [1.54, 1.807) is 0 Å². The number of fused-ring (bicyclic) bond motifs is 3. The quantitative estimate of drug-likeness (QED) is 0.667. The molecule has 1 fully saturated rings. The summed E-state index contributed by atoms with van der Waals surface area (Å²) < 4.78 is 10.1. The highest BCUT2D eigenvalue weighted by atomic mass is 35.5. The van der Waals surface area contributed by atoms with E-state index in [1.165, 1.54) is 17.7 Å². The van der Waals surface area contributed by atoms with Gasteiger partial charge in [-0.3, -0.25) is 0 Å². The molecular formula is C20H22Cl2N4O. The third kappa shape index (κ3) is 2.88. The molecule has 0 saturated carbocycles. The van der Waals surface area contributed by atoms with Gasteiger partial charge in [-0.1, -0.05) is 29.3 Å². The summed E-state index contributed by atoms with van der Waals surface area (Å²) in [4.78, 5) is 0. The largest absolute Gasteiger partial charge is 0.357 e. The van der Waals surface area contributed by atoms with Crippen molar-refractivity contribution in [2.45, 2.75) is 50.9 Å². The molecule has 2 atom stereocenters. The fourth-order valence-electron chi connectivity index (χ4n) is 4.42. The Bertz CT molecular complexity index is 1000. The van der Waals surface area contributed by atoms with Crippen LogP contribution in [-0.4, -0.2) is 27.0 Å². The van der Waals surface area contributed by atoms with E-state index in [1.807, 2.05) is 16.9 Å². The van der Waals surface area contributed by atoms with Crippen LogP contribution in [0.2, 0.25) is 10.0 Å². The Morgan fingerprint density at radius 3 is 2.89 bits per heavy atom. The van der Waals surface area contributed by atoms with Crippen LogP contribution in [0.5, 0.6) is 0 Å². The predicted molar refractivity (Wildman–Crippen MR) is 108 cm³/mol. The highest BCUT2D eigenvalue weighted by Crippen LogP contribution is 2.42. The van der Waals surface area contributed by atoms with Gasteiger partial charge in [-0.15, -0.1) is 0 Å². The SMILES string of the molecule is NC1CCc2c(-c3cnn(C4CCCCO4)c3)c3ccc(Cl)c(Cl)c3n2C1. The van der Waals surface area contributed by atoms with Gasteiger partial charge in [0.25, 0.3) is 0 Å². The van der Waals surface area contributed by atoms with E-state index >= 15 is 0 Å². The number of hydrogen-bond acceptors (Lipinski definition) is 3. The first kappa shape index (κ1) is 17.6. The second-order valence-corrected chi connectivity index (χ2v) is 8.30. The molecule has 2 aliphatic heterocycles. The maximum Gasteiger partial charge on any atom is 0.150 e. The predicted octanol–water partition coefficient (Wildman–Crippen LogP) is 4.78. The van der Waals surface area contributed by atoms with Crippen LogP contribution >= 0.6 is 23.2 Å². The van der Waals surface area contributed by atoms with Gasteiger partial charge in [-0.25, -0.2) is 4.68 Å². The summed E-state index contributed by atoms with van der Waals surface area (Å²) in [5.74, 6) is 0. The van der Waals surface area contributed by atoms with Crippen molar-refractivity contribution < 1.29 is 4.74 Å². The number of rotatable bonds is 2. The summed E-state index contributed by atoms with van der Waals surface area (Å²) in [6.45, 7) is 1.56. The van der Waals surface area contributed by atoms with Crippen LogP contribution in [0.25, 0.3) is 22.0 Å². The number of nitrogens with two attached hydrogens (primary N) is 1. The van der Waals surface area contributed by atoms with Crippen molar-refractivity contribution in [2.75, 3.05) is 6.61 Å². The normalized spacial score (nSPS) is 22.9. The van der Waals surface area contributed by atoms with E-state index in [9.17, 15) is 0 Å². The number of ether oxygens (including phenoxy) is 1. The molecule has 0 amide bonds. The molecule has 27 heavy (non-hydrogen) atoms. The van der Waals surface area contributed by atoms with Gasteiger partial charge >= 0.3 is 0 Å². The lowest BCUT2D eigenvalue weighted by atomic mass is 9.99. The number of hydrogen-bond donors (Lipinski definition) is 1. The fraction of sp³-hybridized carbons (Fsp3) is 0.450. The highest BCUT2D eigenvalue weighted by Gasteiger charge is 2.27. The summed E-state index contributed by atoms with van der Waals surface area (Å²) in [5, 5.41) is 6.88. The zero-order valence-electron chi connectivity index (χ0n) is 15.0. The van der Waals surface area contributed by atoms with Gasteiger partial charge in [0.2, 0.25) is 0 Å². The maximum absolute atomic E-state index is 6.60. The van der Waals surface area contributed by atoms with Gasteiger partial charge < -0.3 is 15.0 Å². The number of benzene rings is 1. The second-order valence-electron chi connectivity index (χ2n) is 7.52. The number of halogens is 2. The third-order valence-electron chi connectivity index (χ3n) is 5.73. The van der Waals surface area contributed by atoms with Gasteiger partial charge in [0.1, 0.15) is 6.23 Å². The smallest absolute Gasteiger partial charge is 0.150 e. The van der Waals surface area contributed by atoms with Crippen molar-refractivity contribution in [2.24, 2.45) is 5.73 Å². The van der Waals surface area contributed by atoms with Gasteiger partial charge in [-0.2, -0.15) is 5.10 Å². The maximum atomic E-state index is 6.60. The first-order valence-corrected chi connectivity index (χ1v) is 10.3. The lowest BCUT2D eigenvalue weighted by Gasteiger charge is -2.23. The van der Waals surface area contributed by atoms with Crippen LogP contribution < -0.4 is 5.73 Å². The Balaban J connectivity index is 1.67. The molecule has 142 valence electrons. The Kier molecular flexibility index (Phi) is 4.43. The van der Waals surface area contributed by atoms with Crippen molar-refractivity contribution in [1.82, 2.24) is 14.3 Å². The standard InChI is InChI=1S/C20H22Cl2N4O/c21-15-6-5-14-18(12-9-24-26(10-12)17-3-1-2-8-27-17)16-7-4-13(23)11-25(16)20(14)19(15)22/h5-6,9-10,13,17H,1-4,7-8,11,23H2. The molecule has 5 rings (SSSR count). The molecule has 2 N–H and O–H groups in total. The van der Waals surface area contributed by atoms with Crippen molar-refractivity contribution in [3.63, 3.8) is 0 Å². The summed E-state index contributed by atoms with van der Waals surface area (Å²) in [5.41, 5.74) is 10.8. The van der Waals surface area contributed by atoms with Crippen LogP contribution in [0, 0.1) is 0 Å². The molecule has 2 unspecified atom stereocenters. The van der Waals surface area contributed by atoms with E-state index in [-0.39, 0.29) is 12.3 Å². The van der Waals surface area contributed by atoms with Crippen LogP contribution in [0.4, 0.5) is 0 Å². The summed E-state index contributed by atoms with van der Waals surface area (Å²) >= 11 is 12.9. The molecule has 2 aliphatic rings. The van der Waals surface area contributed by atoms with E-state index in [4.69, 9.17) is 33.7 Å².